The lowest BCUT2D eigenvalue weighted by Gasteiger charge is -2.33. The van der Waals surface area contributed by atoms with Crippen LogP contribution in [0, 0.1) is 0 Å². The Hall–Kier alpha value is -4.14. The Morgan fingerprint density at radius 1 is 1.24 bits per heavy atom. The quantitative estimate of drug-likeness (QED) is 0.497. The van der Waals surface area contributed by atoms with Crippen LogP contribution in [0.15, 0.2) is 55.0 Å². The van der Waals surface area contributed by atoms with Crippen LogP contribution in [0.25, 0.3) is 11.0 Å². The Morgan fingerprint density at radius 2 is 2.03 bits per heavy atom. The summed E-state index contributed by atoms with van der Waals surface area (Å²) in [6, 6.07) is 4.50. The third-order valence-corrected chi connectivity index (χ3v) is 5.80. The number of fused-ring (bicyclic) bond motifs is 1. The highest BCUT2D eigenvalue weighted by Gasteiger charge is 2.34. The summed E-state index contributed by atoms with van der Waals surface area (Å²) in [6.45, 7) is 4.00. The molecule has 0 saturated heterocycles. The molecule has 9 heteroatoms. The Labute approximate surface area is 191 Å². The van der Waals surface area contributed by atoms with E-state index in [0.717, 1.165) is 0 Å². The summed E-state index contributed by atoms with van der Waals surface area (Å²) in [5.74, 6) is 0.519. The Balaban J connectivity index is 1.88. The summed E-state index contributed by atoms with van der Waals surface area (Å²) in [4.78, 5) is 34.0. The Bertz CT molecular complexity index is 1310. The molecular weight excluding hydrogens is 420 g/mol. The number of methoxy groups -OCH3 is 1. The van der Waals surface area contributed by atoms with Crippen LogP contribution < -0.4 is 21.5 Å². The van der Waals surface area contributed by atoms with E-state index in [0.29, 0.717) is 39.9 Å². The first-order valence-electron chi connectivity index (χ1n) is 10.5. The molecule has 1 atom stereocenters. The van der Waals surface area contributed by atoms with E-state index in [9.17, 15) is 9.59 Å². The van der Waals surface area contributed by atoms with E-state index in [1.807, 2.05) is 42.7 Å². The Kier molecular flexibility index (Phi) is 5.63. The zero-order valence-electron chi connectivity index (χ0n) is 18.7. The predicted octanol–water partition coefficient (Wildman–Crippen LogP) is 3.21. The molecule has 2 aromatic heterocycles. The summed E-state index contributed by atoms with van der Waals surface area (Å²) < 4.78 is 7.46. The molecule has 1 aliphatic rings. The number of ketones is 1. The van der Waals surface area contributed by atoms with Crippen LogP contribution in [0.1, 0.15) is 47.8 Å². The van der Waals surface area contributed by atoms with Crippen LogP contribution in [0.5, 0.6) is 5.75 Å². The van der Waals surface area contributed by atoms with Gasteiger partial charge in [-0.1, -0.05) is 24.3 Å². The fourth-order valence-corrected chi connectivity index (χ4v) is 4.23. The smallest absolute Gasteiger partial charge is 0.313 e. The lowest BCUT2D eigenvalue weighted by molar-refractivity contribution is 0.104. The number of anilines is 1. The van der Waals surface area contributed by atoms with Gasteiger partial charge in [-0.25, -0.2) is 14.8 Å². The number of nitrogens with zero attached hydrogens (tertiary/aromatic N) is 3. The standard InChI is InChI=1S/C24H26N6O3/c1-14(2)30-12-16(19-21(25)27-13-28-22(19)30)20(31)15-7-8-18(33-3)17(11-15)24(29-23(26)32)9-5-4-6-10-24/h4-9,11-14H,10H2,1-3H3,(H2,25,27,28)(H3,26,29,32). The van der Waals surface area contributed by atoms with Gasteiger partial charge in [-0.2, -0.15) is 0 Å². The van der Waals surface area contributed by atoms with Crippen molar-refractivity contribution in [3.05, 3.63) is 71.7 Å². The molecule has 2 amide bonds. The highest BCUT2D eigenvalue weighted by molar-refractivity contribution is 6.18. The molecule has 2 heterocycles. The Morgan fingerprint density at radius 3 is 2.67 bits per heavy atom. The third kappa shape index (κ3) is 3.82. The van der Waals surface area contributed by atoms with Crippen molar-refractivity contribution in [2.24, 2.45) is 5.73 Å². The van der Waals surface area contributed by atoms with E-state index in [1.54, 1.807) is 24.4 Å². The number of urea groups is 1. The number of carbonyl (C=O) groups is 2. The number of primary amides is 1. The molecule has 0 saturated carbocycles. The first-order valence-corrected chi connectivity index (χ1v) is 10.5. The number of nitrogen functional groups attached to an aromatic ring is 1. The number of amides is 2. The molecule has 4 rings (SSSR count). The summed E-state index contributed by atoms with van der Waals surface area (Å²) in [6.07, 6.45) is 11.0. The normalized spacial score (nSPS) is 17.5. The molecule has 1 unspecified atom stereocenters. The summed E-state index contributed by atoms with van der Waals surface area (Å²) >= 11 is 0. The second-order valence-corrected chi connectivity index (χ2v) is 8.20. The van der Waals surface area contributed by atoms with Gasteiger partial charge >= 0.3 is 6.03 Å². The molecule has 1 aliphatic carbocycles. The van der Waals surface area contributed by atoms with Gasteiger partial charge in [-0.15, -0.1) is 0 Å². The van der Waals surface area contributed by atoms with E-state index >= 15 is 0 Å². The lowest BCUT2D eigenvalue weighted by Crippen LogP contribution is -2.47. The first kappa shape index (κ1) is 22.1. The van der Waals surface area contributed by atoms with Gasteiger partial charge in [-0.3, -0.25) is 4.79 Å². The lowest BCUT2D eigenvalue weighted by atomic mass is 9.82. The van der Waals surface area contributed by atoms with Crippen LogP contribution >= 0.6 is 0 Å². The first-order chi connectivity index (χ1) is 15.8. The molecule has 33 heavy (non-hydrogen) atoms. The minimum absolute atomic E-state index is 0.0666. The molecule has 0 fully saturated rings. The van der Waals surface area contributed by atoms with Gasteiger partial charge in [-0.05, 0) is 38.5 Å². The fraction of sp³-hybridized carbons (Fsp3) is 0.250. The van der Waals surface area contributed by atoms with Crippen LogP contribution in [-0.4, -0.2) is 33.5 Å². The van der Waals surface area contributed by atoms with Gasteiger partial charge in [0.1, 0.15) is 23.5 Å². The maximum absolute atomic E-state index is 13.7. The molecular formula is C24H26N6O3. The predicted molar refractivity (Wildman–Crippen MR) is 126 cm³/mol. The second-order valence-electron chi connectivity index (χ2n) is 8.20. The van der Waals surface area contributed by atoms with E-state index in [2.05, 4.69) is 15.3 Å². The van der Waals surface area contributed by atoms with E-state index in [-0.39, 0.29) is 17.6 Å². The van der Waals surface area contributed by atoms with Gasteiger partial charge in [0.05, 0.1) is 23.6 Å². The number of ether oxygens (including phenoxy) is 1. The van der Waals surface area contributed by atoms with Crippen molar-refractivity contribution in [2.75, 3.05) is 12.8 Å². The van der Waals surface area contributed by atoms with Crippen LogP contribution in [0.4, 0.5) is 10.6 Å². The van der Waals surface area contributed by atoms with Crippen molar-refractivity contribution in [1.82, 2.24) is 19.9 Å². The molecule has 3 aromatic rings. The zero-order valence-corrected chi connectivity index (χ0v) is 18.7. The van der Waals surface area contributed by atoms with Crippen molar-refractivity contribution in [3.63, 3.8) is 0 Å². The number of allylic oxidation sites excluding steroid dienone is 2. The minimum Gasteiger partial charge on any atom is -0.496 e. The largest absolute Gasteiger partial charge is 0.496 e. The van der Waals surface area contributed by atoms with Gasteiger partial charge in [0.25, 0.3) is 0 Å². The van der Waals surface area contributed by atoms with Crippen molar-refractivity contribution < 1.29 is 14.3 Å². The number of carbonyl (C=O) groups excluding carboxylic acids is 2. The van der Waals surface area contributed by atoms with Gasteiger partial charge in [0.2, 0.25) is 0 Å². The average molecular weight is 447 g/mol. The number of aromatic nitrogens is 3. The highest BCUT2D eigenvalue weighted by Crippen LogP contribution is 2.38. The number of benzene rings is 1. The maximum Gasteiger partial charge on any atom is 0.313 e. The van der Waals surface area contributed by atoms with Crippen LogP contribution in [0.3, 0.4) is 0 Å². The monoisotopic (exact) mass is 446 g/mol. The van der Waals surface area contributed by atoms with Crippen molar-refractivity contribution in [3.8, 4) is 5.75 Å². The summed E-state index contributed by atoms with van der Waals surface area (Å²) in [5.41, 5.74) is 12.7. The molecule has 0 bridgehead atoms. The van der Waals surface area contributed by atoms with Gasteiger partial charge < -0.3 is 26.1 Å². The highest BCUT2D eigenvalue weighted by atomic mass is 16.5. The number of hydrogen-bond acceptors (Lipinski definition) is 6. The number of hydrogen-bond donors (Lipinski definition) is 3. The molecule has 170 valence electrons. The third-order valence-electron chi connectivity index (χ3n) is 5.80. The fourth-order valence-electron chi connectivity index (χ4n) is 4.23. The number of nitrogens with one attached hydrogen (secondary N) is 1. The van der Waals surface area contributed by atoms with Crippen LogP contribution in [-0.2, 0) is 5.54 Å². The average Bonchev–Trinajstić information content (AvgIpc) is 3.20. The topological polar surface area (TPSA) is 138 Å². The second kappa shape index (κ2) is 8.42. The van der Waals surface area contributed by atoms with Crippen molar-refractivity contribution in [2.45, 2.75) is 31.8 Å². The van der Waals surface area contributed by atoms with Crippen molar-refractivity contribution in [1.29, 1.82) is 0 Å². The number of rotatable bonds is 6. The summed E-state index contributed by atoms with van der Waals surface area (Å²) in [5, 5.41) is 3.33. The van der Waals surface area contributed by atoms with E-state index < -0.39 is 11.6 Å². The molecule has 0 aliphatic heterocycles. The van der Waals surface area contributed by atoms with Crippen molar-refractivity contribution >= 4 is 28.7 Å². The molecule has 0 radical (unpaired) electrons. The van der Waals surface area contributed by atoms with E-state index in [1.165, 1.54) is 13.4 Å². The molecule has 1 aromatic carbocycles. The summed E-state index contributed by atoms with van der Waals surface area (Å²) in [7, 11) is 1.54. The molecule has 0 spiro atoms. The zero-order chi connectivity index (χ0) is 23.8. The van der Waals surface area contributed by atoms with Gasteiger partial charge in [0, 0.05) is 23.4 Å². The SMILES string of the molecule is COc1ccc(C(=O)c2cn(C(C)C)c3ncnc(N)c23)cc1C1(NC(N)=O)C=CC=CC1. The minimum atomic E-state index is -0.948. The maximum atomic E-state index is 13.7. The number of nitrogens with two attached hydrogens (primary N) is 2. The molecule has 9 nitrogen and oxygen atoms in total. The van der Waals surface area contributed by atoms with Crippen LogP contribution in [0.2, 0.25) is 0 Å². The van der Waals surface area contributed by atoms with Gasteiger partial charge in [0.15, 0.2) is 5.78 Å². The molecule has 5 N–H and O–H groups in total. The van der Waals surface area contributed by atoms with E-state index in [4.69, 9.17) is 16.2 Å².